The van der Waals surface area contributed by atoms with Gasteiger partial charge in [-0.3, -0.25) is 19.7 Å². The van der Waals surface area contributed by atoms with E-state index in [9.17, 15) is 19.7 Å². The van der Waals surface area contributed by atoms with Gasteiger partial charge in [-0.25, -0.2) is 0 Å². The number of rotatable bonds is 4. The predicted octanol–water partition coefficient (Wildman–Crippen LogP) is 1.16. The normalized spacial score (nSPS) is 11.3. The molecule has 2 rings (SSSR count). The van der Waals surface area contributed by atoms with Crippen molar-refractivity contribution in [2.45, 2.75) is 6.42 Å². The van der Waals surface area contributed by atoms with Gasteiger partial charge in [-0.2, -0.15) is 0 Å². The summed E-state index contributed by atoms with van der Waals surface area (Å²) in [5.74, 6) is -1.73. The minimum Gasteiger partial charge on any atom is -0.469 e. The second kappa shape index (κ2) is 6.56. The number of carbonyl (C=O) groups is 2. The number of aromatic nitrogens is 1. The molecule has 1 aromatic heterocycles. The van der Waals surface area contributed by atoms with Crippen LogP contribution in [0.25, 0.3) is 10.9 Å². The van der Waals surface area contributed by atoms with Crippen molar-refractivity contribution in [2.24, 2.45) is 5.16 Å². The summed E-state index contributed by atoms with van der Waals surface area (Å²) in [5.41, 5.74) is 0.0329. The van der Waals surface area contributed by atoms with Gasteiger partial charge in [0.1, 0.15) is 17.6 Å². The number of methoxy groups -OCH3 is 1. The first-order chi connectivity index (χ1) is 11.0. The van der Waals surface area contributed by atoms with E-state index >= 15 is 0 Å². The van der Waals surface area contributed by atoms with Crippen LogP contribution < -0.4 is 5.32 Å². The van der Waals surface area contributed by atoms with Gasteiger partial charge in [-0.05, 0) is 6.07 Å². The largest absolute Gasteiger partial charge is 0.469 e. The molecule has 0 aliphatic heterocycles. The number of fused-ring (bicyclic) bond motifs is 1. The maximum absolute atomic E-state index is 12.1. The highest BCUT2D eigenvalue weighted by molar-refractivity contribution is 6.11. The van der Waals surface area contributed by atoms with Crippen LogP contribution in [-0.2, 0) is 9.53 Å². The average Bonchev–Trinajstić information content (AvgIpc) is 2.97. The Hall–Kier alpha value is -3.43. The highest BCUT2D eigenvalue weighted by Gasteiger charge is 2.19. The van der Waals surface area contributed by atoms with Crippen LogP contribution in [0.15, 0.2) is 29.4 Å². The summed E-state index contributed by atoms with van der Waals surface area (Å²) in [6.45, 7) is 0. The summed E-state index contributed by atoms with van der Waals surface area (Å²) in [7, 11) is 1.15. The van der Waals surface area contributed by atoms with E-state index in [-0.39, 0.29) is 22.7 Å². The quantitative estimate of drug-likeness (QED) is 0.192. The number of nitro groups is 1. The molecular formula is C13H12N4O6. The number of nitro benzene ring substituents is 1. The Morgan fingerprint density at radius 1 is 1.48 bits per heavy atom. The predicted molar refractivity (Wildman–Crippen MR) is 78.3 cm³/mol. The van der Waals surface area contributed by atoms with E-state index in [0.29, 0.717) is 5.39 Å². The number of esters is 1. The topological polar surface area (TPSA) is 147 Å². The third-order valence-corrected chi connectivity index (χ3v) is 2.99. The summed E-state index contributed by atoms with van der Waals surface area (Å²) in [5, 5.41) is 25.2. The Morgan fingerprint density at radius 2 is 2.22 bits per heavy atom. The molecule has 0 aliphatic rings. The lowest BCUT2D eigenvalue weighted by Crippen LogP contribution is -2.32. The van der Waals surface area contributed by atoms with Crippen LogP contribution in [0, 0.1) is 10.1 Å². The number of amidine groups is 1. The molecule has 0 fully saturated rings. The van der Waals surface area contributed by atoms with Crippen molar-refractivity contribution in [2.75, 3.05) is 7.11 Å². The maximum Gasteiger partial charge on any atom is 0.313 e. The Balaban J connectivity index is 2.26. The molecule has 0 unspecified atom stereocenters. The zero-order valence-corrected chi connectivity index (χ0v) is 11.9. The number of nitrogens with one attached hydrogen (secondary N) is 2. The van der Waals surface area contributed by atoms with Gasteiger partial charge >= 0.3 is 5.97 Å². The molecule has 3 N–H and O–H groups in total. The van der Waals surface area contributed by atoms with Crippen molar-refractivity contribution < 1.29 is 24.5 Å². The fourth-order valence-electron chi connectivity index (χ4n) is 1.93. The van der Waals surface area contributed by atoms with E-state index in [1.807, 2.05) is 0 Å². The van der Waals surface area contributed by atoms with E-state index in [1.54, 1.807) is 6.07 Å². The lowest BCUT2D eigenvalue weighted by molar-refractivity contribution is -0.383. The Labute approximate surface area is 128 Å². The van der Waals surface area contributed by atoms with Crippen molar-refractivity contribution in [3.8, 4) is 0 Å². The molecule has 10 heteroatoms. The monoisotopic (exact) mass is 320 g/mol. The third kappa shape index (κ3) is 3.43. The second-order valence-electron chi connectivity index (χ2n) is 4.44. The minimum absolute atomic E-state index is 0.0142. The molecule has 120 valence electrons. The molecule has 10 nitrogen and oxygen atoms in total. The number of non-ortho nitro benzene ring substituents is 1. The van der Waals surface area contributed by atoms with Gasteiger partial charge in [0.25, 0.3) is 11.6 Å². The SMILES string of the molecule is COC(=O)C/C(=N\O)NC(=O)c1cc2cccc([N+](=O)[O-])c2[nH]1. The molecule has 1 amide bonds. The molecule has 0 saturated heterocycles. The maximum atomic E-state index is 12.1. The summed E-state index contributed by atoms with van der Waals surface area (Å²) in [4.78, 5) is 36.2. The smallest absolute Gasteiger partial charge is 0.313 e. The number of amides is 1. The van der Waals surface area contributed by atoms with Gasteiger partial charge in [-0.15, -0.1) is 0 Å². The first-order valence-corrected chi connectivity index (χ1v) is 6.31. The van der Waals surface area contributed by atoms with Crippen molar-refractivity contribution in [3.05, 3.63) is 40.1 Å². The number of hydrogen-bond acceptors (Lipinski definition) is 7. The van der Waals surface area contributed by atoms with Crippen molar-refractivity contribution in [3.63, 3.8) is 0 Å². The fraction of sp³-hybridized carbons (Fsp3) is 0.154. The number of H-pyrrole nitrogens is 1. The van der Waals surface area contributed by atoms with Crippen LogP contribution in [0.1, 0.15) is 16.9 Å². The molecule has 2 aromatic rings. The highest BCUT2D eigenvalue weighted by atomic mass is 16.6. The molecular weight excluding hydrogens is 308 g/mol. The Bertz CT molecular complexity index is 810. The van der Waals surface area contributed by atoms with E-state index in [2.05, 4.69) is 20.2 Å². The molecule has 1 aromatic carbocycles. The summed E-state index contributed by atoms with van der Waals surface area (Å²) in [6, 6.07) is 5.81. The number of carbonyl (C=O) groups excluding carboxylic acids is 2. The van der Waals surface area contributed by atoms with Gasteiger partial charge in [-0.1, -0.05) is 17.3 Å². The second-order valence-corrected chi connectivity index (χ2v) is 4.44. The number of benzene rings is 1. The lowest BCUT2D eigenvalue weighted by Gasteiger charge is -2.04. The zero-order chi connectivity index (χ0) is 17.0. The van der Waals surface area contributed by atoms with Crippen molar-refractivity contribution in [1.82, 2.24) is 10.3 Å². The number of ether oxygens (including phenoxy) is 1. The van der Waals surface area contributed by atoms with Crippen LogP contribution in [0.2, 0.25) is 0 Å². The van der Waals surface area contributed by atoms with Gasteiger partial charge in [0.05, 0.1) is 12.0 Å². The minimum atomic E-state index is -0.716. The Morgan fingerprint density at radius 3 is 2.83 bits per heavy atom. The first-order valence-electron chi connectivity index (χ1n) is 6.31. The summed E-state index contributed by atoms with van der Waals surface area (Å²) < 4.78 is 4.39. The molecule has 23 heavy (non-hydrogen) atoms. The van der Waals surface area contributed by atoms with Crippen LogP contribution in [0.4, 0.5) is 5.69 Å². The summed E-state index contributed by atoms with van der Waals surface area (Å²) in [6.07, 6.45) is -0.431. The summed E-state index contributed by atoms with van der Waals surface area (Å²) >= 11 is 0. The number of hydrogen-bond donors (Lipinski definition) is 3. The number of oxime groups is 1. The highest BCUT2D eigenvalue weighted by Crippen LogP contribution is 2.25. The molecule has 0 bridgehead atoms. The standard InChI is InChI=1S/C13H12N4O6/c1-23-11(18)6-10(16-20)15-13(19)8-5-7-3-2-4-9(17(21)22)12(7)14-8/h2-5,14,20H,6H2,1H3,(H,15,16,19). The Kier molecular flexibility index (Phi) is 4.55. The van der Waals surface area contributed by atoms with Gasteiger partial charge in [0, 0.05) is 11.5 Å². The van der Waals surface area contributed by atoms with Crippen LogP contribution >= 0.6 is 0 Å². The van der Waals surface area contributed by atoms with Crippen LogP contribution in [0.3, 0.4) is 0 Å². The van der Waals surface area contributed by atoms with E-state index in [0.717, 1.165) is 7.11 Å². The molecule has 0 spiro atoms. The van der Waals surface area contributed by atoms with Crippen molar-refractivity contribution >= 4 is 34.3 Å². The number of para-hydroxylation sites is 1. The number of aromatic amines is 1. The molecule has 0 saturated carbocycles. The van der Waals surface area contributed by atoms with Crippen LogP contribution in [0.5, 0.6) is 0 Å². The van der Waals surface area contributed by atoms with E-state index in [4.69, 9.17) is 5.21 Å². The fourth-order valence-corrected chi connectivity index (χ4v) is 1.93. The average molecular weight is 320 g/mol. The lowest BCUT2D eigenvalue weighted by atomic mass is 10.2. The van der Waals surface area contributed by atoms with E-state index < -0.39 is 23.2 Å². The third-order valence-electron chi connectivity index (χ3n) is 2.99. The molecule has 0 aliphatic carbocycles. The van der Waals surface area contributed by atoms with Gasteiger partial charge in [0.2, 0.25) is 0 Å². The molecule has 0 atom stereocenters. The van der Waals surface area contributed by atoms with Crippen LogP contribution in [-0.4, -0.2) is 39.9 Å². The van der Waals surface area contributed by atoms with E-state index in [1.165, 1.54) is 18.2 Å². The first kappa shape index (κ1) is 15.9. The molecule has 0 radical (unpaired) electrons. The zero-order valence-electron chi connectivity index (χ0n) is 11.9. The van der Waals surface area contributed by atoms with Crippen molar-refractivity contribution in [1.29, 1.82) is 0 Å². The van der Waals surface area contributed by atoms with Gasteiger partial charge in [0.15, 0.2) is 5.84 Å². The number of nitrogens with zero attached hydrogens (tertiary/aromatic N) is 2. The van der Waals surface area contributed by atoms with Gasteiger partial charge < -0.3 is 20.2 Å². The molecule has 1 heterocycles.